The lowest BCUT2D eigenvalue weighted by atomic mass is 10.1. The summed E-state index contributed by atoms with van der Waals surface area (Å²) in [5, 5.41) is 26.0. The zero-order valence-electron chi connectivity index (χ0n) is 20.5. The molecule has 1 amide bonds. The summed E-state index contributed by atoms with van der Waals surface area (Å²) < 4.78 is 2.07. The Morgan fingerprint density at radius 3 is 2.21 bits per heavy atom. The molecule has 1 N–H and O–H groups in total. The lowest BCUT2D eigenvalue weighted by Crippen LogP contribution is -2.20. The second kappa shape index (κ2) is 11.5. The summed E-state index contributed by atoms with van der Waals surface area (Å²) in [6.45, 7) is 3.92. The highest BCUT2D eigenvalue weighted by Gasteiger charge is 2.15. The molecule has 0 saturated carbocycles. The van der Waals surface area contributed by atoms with Gasteiger partial charge in [0.15, 0.2) is 0 Å². The van der Waals surface area contributed by atoms with Crippen LogP contribution in [0.1, 0.15) is 22.5 Å². The molecule has 0 fully saturated rings. The Kier molecular flexibility index (Phi) is 7.97. The van der Waals surface area contributed by atoms with Crippen molar-refractivity contribution in [1.29, 1.82) is 0 Å². The van der Waals surface area contributed by atoms with E-state index in [-0.39, 0.29) is 17.8 Å². The molecule has 0 aliphatic heterocycles. The van der Waals surface area contributed by atoms with Crippen LogP contribution < -0.4 is 5.43 Å². The van der Waals surface area contributed by atoms with E-state index in [9.17, 15) is 25.0 Å². The number of carbonyl (C=O) groups is 1. The molecule has 4 aromatic rings. The maximum Gasteiger partial charge on any atom is 0.273 e. The third-order valence-electron chi connectivity index (χ3n) is 5.78. The summed E-state index contributed by atoms with van der Waals surface area (Å²) in [4.78, 5) is 35.2. The van der Waals surface area contributed by atoms with Crippen LogP contribution in [0.25, 0.3) is 5.69 Å². The zero-order chi connectivity index (χ0) is 27.2. The van der Waals surface area contributed by atoms with Crippen molar-refractivity contribution in [2.24, 2.45) is 5.10 Å². The average Bonchev–Trinajstić information content (AvgIpc) is 3.17. The number of nitrogens with one attached hydrogen (secondary N) is 1. The molecule has 0 saturated heterocycles. The van der Waals surface area contributed by atoms with Gasteiger partial charge in [0, 0.05) is 56.2 Å². The molecule has 0 unspecified atom stereocenters. The molecule has 0 radical (unpaired) electrons. The first-order chi connectivity index (χ1) is 18.2. The smallest absolute Gasteiger partial charge is 0.273 e. The van der Waals surface area contributed by atoms with E-state index in [1.54, 1.807) is 36.5 Å². The van der Waals surface area contributed by atoms with Gasteiger partial charge in [-0.2, -0.15) is 5.10 Å². The van der Waals surface area contributed by atoms with Crippen LogP contribution in [-0.4, -0.2) is 26.5 Å². The topological polar surface area (TPSA) is 133 Å². The first-order valence-corrected chi connectivity index (χ1v) is 12.3. The number of aryl methyl sites for hydroxylation is 1. The number of nitro benzene ring substituents is 2. The van der Waals surface area contributed by atoms with Gasteiger partial charge >= 0.3 is 0 Å². The van der Waals surface area contributed by atoms with Crippen LogP contribution >= 0.6 is 11.8 Å². The number of para-hydroxylation sites is 1. The predicted molar refractivity (Wildman–Crippen MR) is 145 cm³/mol. The standard InChI is InChI=1S/C27H23N5O5S/c1-18-15-21(17-28-29-27(33)16-20-5-3-4-6-26(20)32(36)37)19(2)30(18)22-7-11-24(12-8-22)38-25-13-9-23(10-14-25)31(34)35/h3-15,17H,16H2,1-2H3,(H,29,33)/b28-17+. The molecule has 4 rings (SSSR count). The molecule has 192 valence electrons. The molecule has 10 nitrogen and oxygen atoms in total. The number of nitro groups is 2. The second-order valence-electron chi connectivity index (χ2n) is 8.36. The summed E-state index contributed by atoms with van der Waals surface area (Å²) in [5.74, 6) is -0.453. The molecule has 1 aromatic heterocycles. The van der Waals surface area contributed by atoms with Gasteiger partial charge in [-0.1, -0.05) is 30.0 Å². The fourth-order valence-corrected chi connectivity index (χ4v) is 4.79. The number of hydrogen-bond acceptors (Lipinski definition) is 7. The fourth-order valence-electron chi connectivity index (χ4n) is 3.98. The summed E-state index contributed by atoms with van der Waals surface area (Å²) in [6, 6.07) is 22.4. The lowest BCUT2D eigenvalue weighted by molar-refractivity contribution is -0.385. The van der Waals surface area contributed by atoms with Crippen LogP contribution in [0.5, 0.6) is 0 Å². The minimum atomic E-state index is -0.512. The summed E-state index contributed by atoms with van der Waals surface area (Å²) in [5.41, 5.74) is 6.38. The maximum atomic E-state index is 12.3. The number of hydrazone groups is 1. The number of aromatic nitrogens is 1. The molecule has 0 atom stereocenters. The third kappa shape index (κ3) is 6.13. The van der Waals surface area contributed by atoms with Crippen LogP contribution in [-0.2, 0) is 11.2 Å². The van der Waals surface area contributed by atoms with Crippen LogP contribution in [0.3, 0.4) is 0 Å². The molecule has 1 heterocycles. The molecular formula is C27H23N5O5S. The van der Waals surface area contributed by atoms with Gasteiger partial charge < -0.3 is 4.57 Å². The van der Waals surface area contributed by atoms with Gasteiger partial charge in [-0.3, -0.25) is 25.0 Å². The summed E-state index contributed by atoms with van der Waals surface area (Å²) >= 11 is 1.51. The van der Waals surface area contributed by atoms with E-state index in [1.807, 2.05) is 44.2 Å². The van der Waals surface area contributed by atoms with Crippen LogP contribution in [0, 0.1) is 34.1 Å². The first kappa shape index (κ1) is 26.3. The van der Waals surface area contributed by atoms with E-state index in [2.05, 4.69) is 15.1 Å². The van der Waals surface area contributed by atoms with Gasteiger partial charge in [0.05, 0.1) is 22.5 Å². The molecule has 0 spiro atoms. The largest absolute Gasteiger partial charge is 0.318 e. The Morgan fingerprint density at radius 1 is 0.947 bits per heavy atom. The van der Waals surface area contributed by atoms with Crippen molar-refractivity contribution in [2.45, 2.75) is 30.1 Å². The van der Waals surface area contributed by atoms with Crippen LogP contribution in [0.4, 0.5) is 11.4 Å². The Morgan fingerprint density at radius 2 is 1.58 bits per heavy atom. The Hall–Kier alpha value is -4.77. The van der Waals surface area contributed by atoms with Gasteiger partial charge in [0.2, 0.25) is 5.91 Å². The average molecular weight is 530 g/mol. The highest BCUT2D eigenvalue weighted by atomic mass is 32.2. The number of carbonyl (C=O) groups excluding carboxylic acids is 1. The second-order valence-corrected chi connectivity index (χ2v) is 9.51. The molecular weight excluding hydrogens is 506 g/mol. The molecule has 0 aliphatic carbocycles. The zero-order valence-corrected chi connectivity index (χ0v) is 21.3. The fraction of sp³-hybridized carbons (Fsp3) is 0.111. The van der Waals surface area contributed by atoms with Gasteiger partial charge in [0.1, 0.15) is 0 Å². The highest BCUT2D eigenvalue weighted by Crippen LogP contribution is 2.30. The van der Waals surface area contributed by atoms with Crippen LogP contribution in [0.2, 0.25) is 0 Å². The van der Waals surface area contributed by atoms with Crippen molar-refractivity contribution in [2.75, 3.05) is 0 Å². The molecule has 0 bridgehead atoms. The predicted octanol–water partition coefficient (Wildman–Crippen LogP) is 5.75. The van der Waals surface area contributed by atoms with Gasteiger partial charge in [-0.15, -0.1) is 0 Å². The quantitative estimate of drug-likeness (QED) is 0.167. The summed E-state index contributed by atoms with van der Waals surface area (Å²) in [6.07, 6.45) is 1.40. The van der Waals surface area contributed by atoms with Gasteiger partial charge in [-0.05, 0) is 56.3 Å². The van der Waals surface area contributed by atoms with Crippen molar-refractivity contribution in [3.63, 3.8) is 0 Å². The van der Waals surface area contributed by atoms with E-state index >= 15 is 0 Å². The Labute approximate surface area is 222 Å². The maximum absolute atomic E-state index is 12.3. The monoisotopic (exact) mass is 529 g/mol. The van der Waals surface area contributed by atoms with E-state index < -0.39 is 15.8 Å². The number of amides is 1. The minimum absolute atomic E-state index is 0.0577. The van der Waals surface area contributed by atoms with E-state index in [4.69, 9.17) is 0 Å². The SMILES string of the molecule is Cc1cc(/C=N/NC(=O)Cc2ccccc2[N+](=O)[O-])c(C)n1-c1ccc(Sc2ccc([N+](=O)[O-])cc2)cc1. The van der Waals surface area contributed by atoms with Crippen molar-refractivity contribution >= 4 is 35.3 Å². The van der Waals surface area contributed by atoms with E-state index in [0.29, 0.717) is 5.56 Å². The minimum Gasteiger partial charge on any atom is -0.318 e. The summed E-state index contributed by atoms with van der Waals surface area (Å²) in [7, 11) is 0. The molecule has 11 heteroatoms. The van der Waals surface area contributed by atoms with Crippen molar-refractivity contribution < 1.29 is 14.6 Å². The molecule has 0 aliphatic rings. The van der Waals surface area contributed by atoms with Crippen molar-refractivity contribution in [1.82, 2.24) is 9.99 Å². The number of nitrogens with zero attached hydrogens (tertiary/aromatic N) is 4. The lowest BCUT2D eigenvalue weighted by Gasteiger charge is -2.10. The number of non-ortho nitro benzene ring substituents is 1. The first-order valence-electron chi connectivity index (χ1n) is 11.5. The van der Waals surface area contributed by atoms with Gasteiger partial charge in [-0.25, -0.2) is 5.43 Å². The Balaban J connectivity index is 1.42. The highest BCUT2D eigenvalue weighted by molar-refractivity contribution is 7.99. The Bertz CT molecular complexity index is 1530. The van der Waals surface area contributed by atoms with E-state index in [1.165, 1.54) is 30.0 Å². The number of benzene rings is 3. The molecule has 38 heavy (non-hydrogen) atoms. The number of rotatable bonds is 9. The van der Waals surface area contributed by atoms with Crippen LogP contribution in [0.15, 0.2) is 93.8 Å². The van der Waals surface area contributed by atoms with Crippen molar-refractivity contribution in [3.8, 4) is 5.69 Å². The van der Waals surface area contributed by atoms with Crippen molar-refractivity contribution in [3.05, 3.63) is 122 Å². The van der Waals surface area contributed by atoms with Gasteiger partial charge in [0.25, 0.3) is 11.4 Å². The number of hydrogen-bond donors (Lipinski definition) is 1. The third-order valence-corrected chi connectivity index (χ3v) is 6.80. The van der Waals surface area contributed by atoms with E-state index in [0.717, 1.165) is 32.4 Å². The normalized spacial score (nSPS) is 11.0. The molecule has 3 aromatic carbocycles.